The summed E-state index contributed by atoms with van der Waals surface area (Å²) in [7, 11) is 0. The molecule has 5 nitrogen and oxygen atoms in total. The van der Waals surface area contributed by atoms with Crippen molar-refractivity contribution < 1.29 is 9.53 Å². The van der Waals surface area contributed by atoms with Crippen LogP contribution in [0.15, 0.2) is 18.2 Å². The number of nitrogens with two attached hydrogens (primary N) is 2. The lowest BCUT2D eigenvalue weighted by atomic mass is 10.1. The van der Waals surface area contributed by atoms with Gasteiger partial charge in [0.2, 0.25) is 0 Å². The second-order valence-corrected chi connectivity index (χ2v) is 4.78. The van der Waals surface area contributed by atoms with Crippen LogP contribution in [-0.2, 0) is 4.74 Å². The van der Waals surface area contributed by atoms with Crippen LogP contribution < -0.4 is 16.4 Å². The van der Waals surface area contributed by atoms with Crippen molar-refractivity contribution in [2.24, 2.45) is 5.73 Å². The van der Waals surface area contributed by atoms with Crippen LogP contribution in [0.3, 0.4) is 0 Å². The van der Waals surface area contributed by atoms with E-state index in [9.17, 15) is 4.79 Å². The molecule has 1 heterocycles. The molecule has 1 saturated heterocycles. The highest BCUT2D eigenvalue weighted by Gasteiger charge is 2.22. The predicted octanol–water partition coefficient (Wildman–Crippen LogP) is 1.37. The second-order valence-electron chi connectivity index (χ2n) is 4.78. The fourth-order valence-corrected chi connectivity index (χ4v) is 2.53. The molecule has 19 heavy (non-hydrogen) atoms. The van der Waals surface area contributed by atoms with Crippen LogP contribution in [0.4, 0.5) is 11.4 Å². The number of anilines is 2. The molecule has 1 unspecified atom stereocenters. The Labute approximate surface area is 113 Å². The van der Waals surface area contributed by atoms with E-state index in [2.05, 4.69) is 4.90 Å². The normalized spacial score (nSPS) is 18.5. The molecule has 1 aliphatic rings. The third kappa shape index (κ3) is 2.98. The highest BCUT2D eigenvalue weighted by atomic mass is 16.5. The molecule has 0 saturated carbocycles. The first-order chi connectivity index (χ1) is 9.13. The first kappa shape index (κ1) is 13.7. The van der Waals surface area contributed by atoms with Crippen molar-refractivity contribution in [3.05, 3.63) is 23.8 Å². The van der Waals surface area contributed by atoms with Crippen LogP contribution in [0.2, 0.25) is 0 Å². The molecule has 0 spiro atoms. The van der Waals surface area contributed by atoms with Gasteiger partial charge in [0.25, 0.3) is 5.91 Å². The Morgan fingerprint density at radius 1 is 1.53 bits per heavy atom. The second kappa shape index (κ2) is 5.93. The molecule has 0 aromatic heterocycles. The van der Waals surface area contributed by atoms with E-state index < -0.39 is 5.91 Å². The van der Waals surface area contributed by atoms with Gasteiger partial charge in [0.1, 0.15) is 0 Å². The van der Waals surface area contributed by atoms with Gasteiger partial charge in [-0.05, 0) is 31.9 Å². The molecule has 104 valence electrons. The number of primary amides is 1. The van der Waals surface area contributed by atoms with Crippen molar-refractivity contribution in [3.8, 4) is 0 Å². The molecule has 0 radical (unpaired) electrons. The van der Waals surface area contributed by atoms with Crippen LogP contribution in [0.1, 0.15) is 30.1 Å². The number of ether oxygens (including phenoxy) is 1. The number of hydrogen-bond donors (Lipinski definition) is 2. The number of carbonyl (C=O) groups excluding carboxylic acids is 1. The SMILES string of the molecule is CCN(CC1CCCO1)c1c(N)cccc1C(N)=O. The van der Waals surface area contributed by atoms with Crippen molar-refractivity contribution in [3.63, 3.8) is 0 Å². The van der Waals surface area contributed by atoms with Crippen LogP contribution >= 0.6 is 0 Å². The summed E-state index contributed by atoms with van der Waals surface area (Å²) in [6.07, 6.45) is 2.35. The molecule has 0 bridgehead atoms. The van der Waals surface area contributed by atoms with E-state index in [0.29, 0.717) is 11.3 Å². The van der Waals surface area contributed by atoms with Crippen molar-refractivity contribution in [1.82, 2.24) is 0 Å². The van der Waals surface area contributed by atoms with Gasteiger partial charge in [-0.3, -0.25) is 4.79 Å². The van der Waals surface area contributed by atoms with E-state index in [1.54, 1.807) is 18.2 Å². The predicted molar refractivity (Wildman–Crippen MR) is 76.2 cm³/mol. The molecule has 4 N–H and O–H groups in total. The number of rotatable bonds is 5. The molecule has 1 fully saturated rings. The number of benzene rings is 1. The maximum Gasteiger partial charge on any atom is 0.250 e. The van der Waals surface area contributed by atoms with Gasteiger partial charge < -0.3 is 21.1 Å². The lowest BCUT2D eigenvalue weighted by Gasteiger charge is -2.28. The molecule has 0 aliphatic carbocycles. The zero-order valence-corrected chi connectivity index (χ0v) is 11.3. The molecule has 1 aromatic carbocycles. The average molecular weight is 263 g/mol. The average Bonchev–Trinajstić information content (AvgIpc) is 2.89. The van der Waals surface area contributed by atoms with Crippen LogP contribution in [0, 0.1) is 0 Å². The number of para-hydroxylation sites is 1. The van der Waals surface area contributed by atoms with Crippen molar-refractivity contribution in [2.45, 2.75) is 25.9 Å². The van der Waals surface area contributed by atoms with E-state index >= 15 is 0 Å². The summed E-state index contributed by atoms with van der Waals surface area (Å²) in [6.45, 7) is 4.35. The minimum atomic E-state index is -0.451. The molecule has 2 rings (SSSR count). The van der Waals surface area contributed by atoms with E-state index in [0.717, 1.165) is 38.2 Å². The highest BCUT2D eigenvalue weighted by Crippen LogP contribution is 2.29. The minimum absolute atomic E-state index is 0.209. The van der Waals surface area contributed by atoms with Gasteiger partial charge in [0, 0.05) is 19.7 Å². The first-order valence-corrected chi connectivity index (χ1v) is 6.68. The monoisotopic (exact) mass is 263 g/mol. The van der Waals surface area contributed by atoms with Gasteiger partial charge in [-0.1, -0.05) is 6.07 Å². The smallest absolute Gasteiger partial charge is 0.250 e. The molecule has 1 amide bonds. The summed E-state index contributed by atoms with van der Waals surface area (Å²) in [5.74, 6) is -0.451. The Balaban J connectivity index is 2.28. The molecular formula is C14H21N3O2. The van der Waals surface area contributed by atoms with Crippen molar-refractivity contribution in [2.75, 3.05) is 30.3 Å². The zero-order valence-electron chi connectivity index (χ0n) is 11.3. The summed E-state index contributed by atoms with van der Waals surface area (Å²) in [4.78, 5) is 13.6. The van der Waals surface area contributed by atoms with Gasteiger partial charge in [-0.2, -0.15) is 0 Å². The lowest BCUT2D eigenvalue weighted by molar-refractivity contribution is 0.0999. The minimum Gasteiger partial charge on any atom is -0.397 e. The van der Waals surface area contributed by atoms with Gasteiger partial charge in [0.15, 0.2) is 0 Å². The van der Waals surface area contributed by atoms with Crippen LogP contribution in [-0.4, -0.2) is 31.7 Å². The van der Waals surface area contributed by atoms with Gasteiger partial charge in [-0.25, -0.2) is 0 Å². The highest BCUT2D eigenvalue weighted by molar-refractivity contribution is 6.01. The summed E-state index contributed by atoms with van der Waals surface area (Å²) in [5.41, 5.74) is 13.2. The zero-order chi connectivity index (χ0) is 13.8. The summed E-state index contributed by atoms with van der Waals surface area (Å²) >= 11 is 0. The third-order valence-electron chi connectivity index (χ3n) is 3.48. The maximum absolute atomic E-state index is 11.5. The molecule has 1 atom stereocenters. The number of nitrogen functional groups attached to an aromatic ring is 1. The number of carbonyl (C=O) groups is 1. The fourth-order valence-electron chi connectivity index (χ4n) is 2.53. The van der Waals surface area contributed by atoms with E-state index in [4.69, 9.17) is 16.2 Å². The van der Waals surface area contributed by atoms with Crippen LogP contribution in [0.25, 0.3) is 0 Å². The fraction of sp³-hybridized carbons (Fsp3) is 0.500. The number of likely N-dealkylation sites (N-methyl/N-ethyl adjacent to an activating group) is 1. The molecule has 5 heteroatoms. The Bertz CT molecular complexity index is 456. The Kier molecular flexibility index (Phi) is 4.27. The van der Waals surface area contributed by atoms with E-state index in [1.807, 2.05) is 6.92 Å². The Hall–Kier alpha value is -1.75. The van der Waals surface area contributed by atoms with Crippen molar-refractivity contribution in [1.29, 1.82) is 0 Å². The summed E-state index contributed by atoms with van der Waals surface area (Å²) in [6, 6.07) is 5.25. The van der Waals surface area contributed by atoms with E-state index in [1.165, 1.54) is 0 Å². The first-order valence-electron chi connectivity index (χ1n) is 6.68. The van der Waals surface area contributed by atoms with Crippen LogP contribution in [0.5, 0.6) is 0 Å². The number of amides is 1. The van der Waals surface area contributed by atoms with Gasteiger partial charge in [0.05, 0.1) is 23.0 Å². The largest absolute Gasteiger partial charge is 0.397 e. The summed E-state index contributed by atoms with van der Waals surface area (Å²) < 4.78 is 5.65. The lowest BCUT2D eigenvalue weighted by Crippen LogP contribution is -2.34. The number of hydrogen-bond acceptors (Lipinski definition) is 4. The molecule has 1 aliphatic heterocycles. The Morgan fingerprint density at radius 3 is 2.89 bits per heavy atom. The van der Waals surface area contributed by atoms with Gasteiger partial charge in [-0.15, -0.1) is 0 Å². The topological polar surface area (TPSA) is 81.6 Å². The molecule has 1 aromatic rings. The van der Waals surface area contributed by atoms with Crippen molar-refractivity contribution >= 4 is 17.3 Å². The number of nitrogens with zero attached hydrogens (tertiary/aromatic N) is 1. The molecular weight excluding hydrogens is 242 g/mol. The third-order valence-corrected chi connectivity index (χ3v) is 3.48. The Morgan fingerprint density at radius 2 is 2.32 bits per heavy atom. The van der Waals surface area contributed by atoms with Gasteiger partial charge >= 0.3 is 0 Å². The quantitative estimate of drug-likeness (QED) is 0.786. The van der Waals surface area contributed by atoms with E-state index in [-0.39, 0.29) is 6.10 Å². The maximum atomic E-state index is 11.5. The summed E-state index contributed by atoms with van der Waals surface area (Å²) in [5, 5.41) is 0. The standard InChI is InChI=1S/C14H21N3O2/c1-2-17(9-10-5-4-8-19-10)13-11(14(16)18)6-3-7-12(13)15/h3,6-7,10H,2,4-5,8-9,15H2,1H3,(H2,16,18).